The maximum Gasteiger partial charge on any atom is 0.262 e. The lowest BCUT2D eigenvalue weighted by Gasteiger charge is -2.11. The van der Waals surface area contributed by atoms with Crippen LogP contribution in [0.2, 0.25) is 0 Å². The summed E-state index contributed by atoms with van der Waals surface area (Å²) >= 11 is 0. The van der Waals surface area contributed by atoms with Crippen LogP contribution in [0.25, 0.3) is 11.1 Å². The first-order valence-corrected chi connectivity index (χ1v) is 12.2. The number of rotatable bonds is 11. The van der Waals surface area contributed by atoms with Gasteiger partial charge in [0.05, 0.1) is 28.6 Å². The molecule has 3 rings (SSSR count). The molecule has 0 aliphatic heterocycles. The fourth-order valence-corrected chi connectivity index (χ4v) is 4.59. The van der Waals surface area contributed by atoms with Gasteiger partial charge in [-0.2, -0.15) is 5.10 Å². The Morgan fingerprint density at radius 2 is 1.84 bits per heavy atom. The van der Waals surface area contributed by atoms with Crippen LogP contribution in [0.5, 0.6) is 0 Å². The number of benzene rings is 2. The van der Waals surface area contributed by atoms with Crippen LogP contribution >= 0.6 is 0 Å². The van der Waals surface area contributed by atoms with Gasteiger partial charge in [-0.25, -0.2) is 8.42 Å². The molecule has 7 nitrogen and oxygen atoms in total. The molecule has 0 amide bonds. The third-order valence-electron chi connectivity index (χ3n) is 5.10. The Balaban J connectivity index is 1.75. The van der Waals surface area contributed by atoms with E-state index in [0.717, 1.165) is 35.5 Å². The van der Waals surface area contributed by atoms with Crippen LogP contribution in [0, 0.1) is 12.8 Å². The lowest BCUT2D eigenvalue weighted by molar-refractivity contribution is 0.199. The van der Waals surface area contributed by atoms with Crippen molar-refractivity contribution in [2.75, 3.05) is 25.0 Å². The van der Waals surface area contributed by atoms with Crippen LogP contribution in [-0.2, 0) is 27.7 Å². The lowest BCUT2D eigenvalue weighted by Crippen LogP contribution is -2.18. The molecule has 0 saturated carbocycles. The molecule has 0 unspecified atom stereocenters. The standard InChI is InChI=1S/C24H32N4O3S/c1-17(2)14-23-24(18(3)26-27-23)28-32(29,30)22-10-8-20(9-11-22)21-7-5-6-19(15-21)16-25-12-13-31-4/h5-11,15,17,25,28H,12-14,16H2,1-4H3,(H,26,27). The number of aromatic nitrogens is 2. The number of methoxy groups -OCH3 is 1. The molecule has 3 aromatic rings. The van der Waals surface area contributed by atoms with E-state index in [0.29, 0.717) is 30.3 Å². The highest BCUT2D eigenvalue weighted by Gasteiger charge is 2.20. The molecular weight excluding hydrogens is 424 g/mol. The first-order valence-electron chi connectivity index (χ1n) is 10.8. The van der Waals surface area contributed by atoms with Gasteiger partial charge in [0.25, 0.3) is 10.0 Å². The second-order valence-corrected chi connectivity index (χ2v) is 9.95. The Hall–Kier alpha value is -2.68. The molecule has 0 radical (unpaired) electrons. The molecule has 172 valence electrons. The van der Waals surface area contributed by atoms with E-state index >= 15 is 0 Å². The van der Waals surface area contributed by atoms with Crippen molar-refractivity contribution in [3.05, 3.63) is 65.5 Å². The Morgan fingerprint density at radius 1 is 1.09 bits per heavy atom. The molecule has 0 fully saturated rings. The molecule has 0 atom stereocenters. The molecule has 0 aliphatic rings. The maximum absolute atomic E-state index is 13.0. The zero-order valence-corrected chi connectivity index (χ0v) is 19.9. The van der Waals surface area contributed by atoms with Crippen LogP contribution in [0.4, 0.5) is 5.69 Å². The van der Waals surface area contributed by atoms with Crippen molar-refractivity contribution < 1.29 is 13.2 Å². The Bertz CT molecular complexity index is 1120. The van der Waals surface area contributed by atoms with E-state index in [1.165, 1.54) is 0 Å². The number of hydrogen-bond acceptors (Lipinski definition) is 5. The molecule has 0 bridgehead atoms. The summed E-state index contributed by atoms with van der Waals surface area (Å²) < 4.78 is 33.8. The molecule has 0 saturated heterocycles. The van der Waals surface area contributed by atoms with Gasteiger partial charge in [0.15, 0.2) is 0 Å². The van der Waals surface area contributed by atoms with Gasteiger partial charge in [-0.15, -0.1) is 0 Å². The number of sulfonamides is 1. The molecule has 1 aromatic heterocycles. The molecular formula is C24H32N4O3S. The molecule has 0 aliphatic carbocycles. The molecule has 0 spiro atoms. The second-order valence-electron chi connectivity index (χ2n) is 8.27. The van der Waals surface area contributed by atoms with Gasteiger partial charge < -0.3 is 10.1 Å². The third-order valence-corrected chi connectivity index (χ3v) is 6.46. The average molecular weight is 457 g/mol. The van der Waals surface area contributed by atoms with Crippen molar-refractivity contribution in [3.8, 4) is 11.1 Å². The van der Waals surface area contributed by atoms with Crippen molar-refractivity contribution >= 4 is 15.7 Å². The highest BCUT2D eigenvalue weighted by Crippen LogP contribution is 2.26. The van der Waals surface area contributed by atoms with E-state index in [1.54, 1.807) is 19.2 Å². The van der Waals surface area contributed by atoms with Crippen molar-refractivity contribution in [2.24, 2.45) is 5.92 Å². The zero-order chi connectivity index (χ0) is 23.1. The largest absolute Gasteiger partial charge is 0.383 e. The number of aromatic amines is 1. The van der Waals surface area contributed by atoms with E-state index in [2.05, 4.69) is 46.2 Å². The minimum absolute atomic E-state index is 0.217. The second kappa shape index (κ2) is 10.8. The van der Waals surface area contributed by atoms with Gasteiger partial charge in [0.2, 0.25) is 0 Å². The summed E-state index contributed by atoms with van der Waals surface area (Å²) in [6.45, 7) is 8.17. The molecule has 3 N–H and O–H groups in total. The van der Waals surface area contributed by atoms with Gasteiger partial charge in [0, 0.05) is 20.2 Å². The lowest BCUT2D eigenvalue weighted by atomic mass is 10.0. The zero-order valence-electron chi connectivity index (χ0n) is 19.1. The van der Waals surface area contributed by atoms with Crippen LogP contribution in [-0.4, -0.2) is 38.9 Å². The minimum atomic E-state index is -3.72. The fourth-order valence-electron chi connectivity index (χ4n) is 3.44. The summed E-state index contributed by atoms with van der Waals surface area (Å²) in [5.74, 6) is 0.367. The van der Waals surface area contributed by atoms with Gasteiger partial charge >= 0.3 is 0 Å². The van der Waals surface area contributed by atoms with Gasteiger partial charge in [-0.3, -0.25) is 9.82 Å². The number of nitrogens with zero attached hydrogens (tertiary/aromatic N) is 1. The van der Waals surface area contributed by atoms with Gasteiger partial charge in [-0.05, 0) is 54.2 Å². The number of nitrogens with one attached hydrogen (secondary N) is 3. The number of H-pyrrole nitrogens is 1. The number of hydrogen-bond donors (Lipinski definition) is 3. The molecule has 32 heavy (non-hydrogen) atoms. The summed E-state index contributed by atoms with van der Waals surface area (Å²) in [7, 11) is -2.04. The van der Waals surface area contributed by atoms with Crippen molar-refractivity contribution in [1.82, 2.24) is 15.5 Å². The summed E-state index contributed by atoms with van der Waals surface area (Å²) in [6, 6.07) is 15.1. The SMILES string of the molecule is COCCNCc1cccc(-c2ccc(S(=O)(=O)Nc3c(CC(C)C)n[nH]c3C)cc2)c1. The van der Waals surface area contributed by atoms with Crippen molar-refractivity contribution in [1.29, 1.82) is 0 Å². The van der Waals surface area contributed by atoms with E-state index in [9.17, 15) is 8.42 Å². The normalized spacial score (nSPS) is 11.8. The van der Waals surface area contributed by atoms with Crippen molar-refractivity contribution in [2.45, 2.75) is 38.6 Å². The minimum Gasteiger partial charge on any atom is -0.383 e. The summed E-state index contributed by atoms with van der Waals surface area (Å²) in [4.78, 5) is 0.217. The Labute approximate surface area is 190 Å². The highest BCUT2D eigenvalue weighted by molar-refractivity contribution is 7.92. The first-order chi connectivity index (χ1) is 15.3. The smallest absolute Gasteiger partial charge is 0.262 e. The van der Waals surface area contributed by atoms with Crippen LogP contribution in [0.15, 0.2) is 53.4 Å². The van der Waals surface area contributed by atoms with Gasteiger partial charge in [0.1, 0.15) is 0 Å². The highest BCUT2D eigenvalue weighted by atomic mass is 32.2. The molecule has 8 heteroatoms. The van der Waals surface area contributed by atoms with E-state index in [1.807, 2.05) is 31.2 Å². The predicted octanol–water partition coefficient (Wildman–Crippen LogP) is 4.12. The van der Waals surface area contributed by atoms with Crippen molar-refractivity contribution in [3.63, 3.8) is 0 Å². The Morgan fingerprint density at radius 3 is 2.53 bits per heavy atom. The number of anilines is 1. The monoisotopic (exact) mass is 456 g/mol. The number of aryl methyl sites for hydroxylation is 1. The maximum atomic E-state index is 13.0. The number of ether oxygens (including phenoxy) is 1. The quantitative estimate of drug-likeness (QED) is 0.377. The van der Waals surface area contributed by atoms with Crippen LogP contribution in [0.1, 0.15) is 30.8 Å². The first kappa shape index (κ1) is 24.0. The summed E-state index contributed by atoms with van der Waals surface area (Å²) in [6.07, 6.45) is 0.692. The Kier molecular flexibility index (Phi) is 8.06. The van der Waals surface area contributed by atoms with Crippen LogP contribution < -0.4 is 10.0 Å². The molecule has 2 aromatic carbocycles. The van der Waals surface area contributed by atoms with E-state index < -0.39 is 10.0 Å². The van der Waals surface area contributed by atoms with E-state index in [-0.39, 0.29) is 4.90 Å². The third kappa shape index (κ3) is 6.18. The molecule has 1 heterocycles. The van der Waals surface area contributed by atoms with Crippen LogP contribution in [0.3, 0.4) is 0 Å². The van der Waals surface area contributed by atoms with E-state index in [4.69, 9.17) is 4.74 Å². The summed E-state index contributed by atoms with van der Waals surface area (Å²) in [5, 5.41) is 10.5. The fraction of sp³-hybridized carbons (Fsp3) is 0.375. The summed E-state index contributed by atoms with van der Waals surface area (Å²) in [5.41, 5.74) is 5.13. The van der Waals surface area contributed by atoms with Gasteiger partial charge in [-0.1, -0.05) is 44.2 Å². The predicted molar refractivity (Wildman–Crippen MR) is 128 cm³/mol. The average Bonchev–Trinajstić information content (AvgIpc) is 3.09. The topological polar surface area (TPSA) is 96.1 Å².